The van der Waals surface area contributed by atoms with Gasteiger partial charge in [0.05, 0.1) is 12.2 Å². The lowest BCUT2D eigenvalue weighted by molar-refractivity contribution is 0.0941. The van der Waals surface area contributed by atoms with Crippen LogP contribution in [-0.4, -0.2) is 25.2 Å². The monoisotopic (exact) mass is 459 g/mol. The molecule has 0 radical (unpaired) electrons. The Bertz CT molecular complexity index is 1480. The Balaban J connectivity index is 1.81. The Hall–Kier alpha value is -4.40. The van der Waals surface area contributed by atoms with Crippen molar-refractivity contribution >= 4 is 5.91 Å². The summed E-state index contributed by atoms with van der Waals surface area (Å²) in [6, 6.07) is 15.0. The van der Waals surface area contributed by atoms with Gasteiger partial charge in [0.1, 0.15) is 5.82 Å². The van der Waals surface area contributed by atoms with Crippen molar-refractivity contribution in [3.05, 3.63) is 122 Å². The lowest BCUT2D eigenvalue weighted by Crippen LogP contribution is -2.46. The first kappa shape index (κ1) is 22.8. The summed E-state index contributed by atoms with van der Waals surface area (Å²) in [5.41, 5.74) is 0.787. The maximum absolute atomic E-state index is 14.2. The number of carbonyl (C=O) groups excluding carboxylic acids is 1. The molecule has 1 N–H and O–H groups in total. The molecule has 34 heavy (non-hydrogen) atoms. The zero-order chi connectivity index (χ0) is 24.2. The van der Waals surface area contributed by atoms with Gasteiger partial charge in [-0.1, -0.05) is 42.0 Å². The number of amides is 1. The van der Waals surface area contributed by atoms with Gasteiger partial charge in [0.25, 0.3) is 11.5 Å². The van der Waals surface area contributed by atoms with Crippen LogP contribution in [0.3, 0.4) is 0 Å². The number of nitrogens with one attached hydrogen (secondary N) is 1. The molecule has 0 aliphatic rings. The highest BCUT2D eigenvalue weighted by Crippen LogP contribution is 2.11. The molecule has 0 spiro atoms. The van der Waals surface area contributed by atoms with E-state index in [1.165, 1.54) is 12.1 Å². The number of aryl methyl sites for hydroxylation is 2. The molecule has 8 nitrogen and oxygen atoms in total. The number of nitrogens with zero attached hydrogens (tertiary/aromatic N) is 4. The van der Waals surface area contributed by atoms with Crippen molar-refractivity contribution in [1.82, 2.24) is 24.6 Å². The third-order valence-electron chi connectivity index (χ3n) is 5.27. The van der Waals surface area contributed by atoms with Crippen molar-refractivity contribution in [2.24, 2.45) is 0 Å². The number of hydrogen-bond acceptors (Lipinski definition) is 5. The number of rotatable bonds is 6. The van der Waals surface area contributed by atoms with E-state index in [2.05, 4.69) is 15.4 Å². The normalized spacial score (nSPS) is 10.8. The number of benzene rings is 2. The van der Waals surface area contributed by atoms with Gasteiger partial charge in [-0.25, -0.2) is 9.18 Å². The Kier molecular flexibility index (Phi) is 6.44. The van der Waals surface area contributed by atoms with Crippen LogP contribution < -0.4 is 16.6 Å². The summed E-state index contributed by atoms with van der Waals surface area (Å²) < 4.78 is 16.0. The van der Waals surface area contributed by atoms with Gasteiger partial charge in [0.2, 0.25) is 5.69 Å². The first-order chi connectivity index (χ1) is 16.3. The van der Waals surface area contributed by atoms with Gasteiger partial charge >= 0.3 is 5.69 Å². The van der Waals surface area contributed by atoms with Gasteiger partial charge in [-0.15, -0.1) is 0 Å². The summed E-state index contributed by atoms with van der Waals surface area (Å²) in [6.45, 7) is 3.53. The molecule has 4 aromatic rings. The third kappa shape index (κ3) is 4.83. The van der Waals surface area contributed by atoms with Crippen LogP contribution in [0.1, 0.15) is 32.7 Å². The fraction of sp³-hybridized carbons (Fsp3) is 0.160. The molecule has 0 fully saturated rings. The molecule has 2 aromatic heterocycles. The molecule has 1 amide bonds. The largest absolute Gasteiger partial charge is 0.352 e. The number of pyridine rings is 1. The summed E-state index contributed by atoms with van der Waals surface area (Å²) in [5.74, 6) is -1.29. The van der Waals surface area contributed by atoms with Crippen molar-refractivity contribution in [2.75, 3.05) is 0 Å². The van der Waals surface area contributed by atoms with E-state index in [0.717, 1.165) is 26.4 Å². The minimum Gasteiger partial charge on any atom is -0.346 e. The SMILES string of the molecule is Cc1cccc(Cn2c(=O)c(C(=O)NCc3cccnc3)nn(-c3ccc(C)c(F)c3)c2=O)c1. The van der Waals surface area contributed by atoms with Gasteiger partial charge in [-0.05, 0) is 42.7 Å². The summed E-state index contributed by atoms with van der Waals surface area (Å²) >= 11 is 0. The average molecular weight is 459 g/mol. The molecule has 0 unspecified atom stereocenters. The molecule has 0 aliphatic carbocycles. The van der Waals surface area contributed by atoms with E-state index in [1.54, 1.807) is 37.5 Å². The second-order valence-electron chi connectivity index (χ2n) is 7.90. The fourth-order valence-electron chi connectivity index (χ4n) is 3.44. The highest BCUT2D eigenvalue weighted by molar-refractivity contribution is 5.91. The molecule has 9 heteroatoms. The Labute approximate surface area is 194 Å². The summed E-state index contributed by atoms with van der Waals surface area (Å²) in [7, 11) is 0. The predicted octanol–water partition coefficient (Wildman–Crippen LogP) is 2.52. The van der Waals surface area contributed by atoms with Gasteiger partial charge in [0, 0.05) is 25.0 Å². The van der Waals surface area contributed by atoms with Crippen molar-refractivity contribution in [1.29, 1.82) is 0 Å². The van der Waals surface area contributed by atoms with Gasteiger partial charge in [0.15, 0.2) is 0 Å². The molecule has 0 aliphatic heterocycles. The lowest BCUT2D eigenvalue weighted by Gasteiger charge is -2.13. The van der Waals surface area contributed by atoms with Gasteiger partial charge in [-0.3, -0.25) is 19.1 Å². The lowest BCUT2D eigenvalue weighted by atomic mass is 10.1. The van der Waals surface area contributed by atoms with E-state index < -0.39 is 28.7 Å². The Morgan fingerprint density at radius 3 is 2.53 bits per heavy atom. The zero-order valence-electron chi connectivity index (χ0n) is 18.7. The number of hydrogen-bond donors (Lipinski definition) is 1. The molecule has 0 saturated heterocycles. The molecule has 2 heterocycles. The predicted molar refractivity (Wildman–Crippen MR) is 124 cm³/mol. The van der Waals surface area contributed by atoms with Crippen molar-refractivity contribution in [2.45, 2.75) is 26.9 Å². The molecule has 0 bridgehead atoms. The van der Waals surface area contributed by atoms with E-state index >= 15 is 0 Å². The minimum absolute atomic E-state index is 0.0703. The highest BCUT2D eigenvalue weighted by Gasteiger charge is 2.21. The fourth-order valence-corrected chi connectivity index (χ4v) is 3.44. The molecule has 2 aromatic carbocycles. The summed E-state index contributed by atoms with van der Waals surface area (Å²) in [4.78, 5) is 43.3. The second kappa shape index (κ2) is 9.62. The van der Waals surface area contributed by atoms with E-state index in [-0.39, 0.29) is 18.8 Å². The molecule has 0 atom stereocenters. The summed E-state index contributed by atoms with van der Waals surface area (Å²) in [5, 5.41) is 6.65. The van der Waals surface area contributed by atoms with Crippen molar-refractivity contribution < 1.29 is 9.18 Å². The van der Waals surface area contributed by atoms with Crippen LogP contribution in [-0.2, 0) is 13.1 Å². The number of aromatic nitrogens is 4. The van der Waals surface area contributed by atoms with E-state index in [4.69, 9.17) is 0 Å². The maximum Gasteiger partial charge on any atom is 0.352 e. The van der Waals surface area contributed by atoms with E-state index in [1.807, 2.05) is 25.1 Å². The van der Waals surface area contributed by atoms with Crippen LogP contribution >= 0.6 is 0 Å². The smallest absolute Gasteiger partial charge is 0.346 e. The molecule has 4 rings (SSSR count). The second-order valence-corrected chi connectivity index (χ2v) is 7.90. The molecule has 172 valence electrons. The van der Waals surface area contributed by atoms with Crippen LogP contribution in [0, 0.1) is 19.7 Å². The van der Waals surface area contributed by atoms with E-state index in [0.29, 0.717) is 11.1 Å². The van der Waals surface area contributed by atoms with E-state index in [9.17, 15) is 18.8 Å². The van der Waals surface area contributed by atoms with Crippen LogP contribution in [0.25, 0.3) is 5.69 Å². The Morgan fingerprint density at radius 2 is 1.82 bits per heavy atom. The van der Waals surface area contributed by atoms with Gasteiger partial charge in [-0.2, -0.15) is 9.78 Å². The highest BCUT2D eigenvalue weighted by atomic mass is 19.1. The third-order valence-corrected chi connectivity index (χ3v) is 5.27. The van der Waals surface area contributed by atoms with Gasteiger partial charge < -0.3 is 5.32 Å². The van der Waals surface area contributed by atoms with Crippen LogP contribution in [0.4, 0.5) is 4.39 Å². The summed E-state index contributed by atoms with van der Waals surface area (Å²) in [6.07, 6.45) is 3.19. The van der Waals surface area contributed by atoms with Crippen LogP contribution in [0.5, 0.6) is 0 Å². The molecule has 0 saturated carbocycles. The zero-order valence-corrected chi connectivity index (χ0v) is 18.7. The quantitative estimate of drug-likeness (QED) is 0.478. The average Bonchev–Trinajstić information content (AvgIpc) is 2.83. The maximum atomic E-state index is 14.2. The van der Waals surface area contributed by atoms with Crippen LogP contribution in [0.15, 0.2) is 76.6 Å². The Morgan fingerprint density at radius 1 is 1.03 bits per heavy atom. The molecular formula is C25H22FN5O3. The van der Waals surface area contributed by atoms with Crippen molar-refractivity contribution in [3.63, 3.8) is 0 Å². The number of carbonyl (C=O) groups is 1. The van der Waals surface area contributed by atoms with Crippen LogP contribution in [0.2, 0.25) is 0 Å². The minimum atomic E-state index is -0.834. The number of halogens is 1. The topological polar surface area (TPSA) is 98.9 Å². The standard InChI is InChI=1S/C25H22FN5O3/c1-16-5-3-6-18(11-16)15-30-24(33)22(23(32)28-14-19-7-4-10-27-13-19)29-31(25(30)34)20-9-8-17(2)21(26)12-20/h3-13H,14-15H2,1-2H3,(H,28,32). The molecular weight excluding hydrogens is 437 g/mol. The van der Waals surface area contributed by atoms with Crippen molar-refractivity contribution in [3.8, 4) is 5.69 Å². The first-order valence-corrected chi connectivity index (χ1v) is 10.6. The first-order valence-electron chi connectivity index (χ1n) is 10.6.